The summed E-state index contributed by atoms with van der Waals surface area (Å²) in [6, 6.07) is 0. The van der Waals surface area contributed by atoms with Crippen LogP contribution in [0.15, 0.2) is 26.9 Å². The van der Waals surface area contributed by atoms with E-state index in [9.17, 15) is 0 Å². The van der Waals surface area contributed by atoms with Crippen molar-refractivity contribution in [1.29, 1.82) is 0 Å². The molecule has 0 amide bonds. The number of hydrogen-bond acceptors (Lipinski definition) is 3. The smallest absolute Gasteiger partial charge is 0.241 e. The molecule has 2 aliphatic rings. The minimum atomic E-state index is 0.352. The van der Waals surface area contributed by atoms with Crippen LogP contribution in [0.4, 0.5) is 0 Å². The molecular weight excluding hydrogens is 354 g/mol. The first-order valence-electron chi connectivity index (χ1n) is 11.0. The number of methoxy groups -OCH3 is 1. The lowest BCUT2D eigenvalue weighted by atomic mass is 9.75. The van der Waals surface area contributed by atoms with Gasteiger partial charge in [0, 0.05) is 13.0 Å². The summed E-state index contributed by atoms with van der Waals surface area (Å²) in [7, 11) is 1.82. The standard InChI is InChI=1S/C22H37N3OS/c1-4-6-7-8-9-10-12-20(21-23-22(27)25-24-21)19(11-5-2)17-13-15-18(26-3)16-14-17/h13,18-20H,4-12,14-16H2,1-3H3. The fourth-order valence-electron chi connectivity index (χ4n) is 4.39. The van der Waals surface area contributed by atoms with E-state index in [-0.39, 0.29) is 0 Å². The number of azo groups is 1. The van der Waals surface area contributed by atoms with Crippen LogP contribution in [0.2, 0.25) is 0 Å². The van der Waals surface area contributed by atoms with Crippen molar-refractivity contribution in [1.82, 2.24) is 0 Å². The van der Waals surface area contributed by atoms with E-state index >= 15 is 0 Å². The largest absolute Gasteiger partial charge is 0.381 e. The summed E-state index contributed by atoms with van der Waals surface area (Å²) in [6.45, 7) is 4.54. The molecular formula is C22H37N3OS. The van der Waals surface area contributed by atoms with Crippen LogP contribution < -0.4 is 0 Å². The second-order valence-corrected chi connectivity index (χ2v) is 8.29. The highest BCUT2D eigenvalue weighted by Crippen LogP contribution is 2.37. The van der Waals surface area contributed by atoms with Gasteiger partial charge in [0.15, 0.2) is 5.84 Å². The molecule has 1 aliphatic heterocycles. The molecule has 0 N–H and O–H groups in total. The van der Waals surface area contributed by atoms with E-state index in [1.807, 2.05) is 7.11 Å². The first kappa shape index (κ1) is 22.4. The van der Waals surface area contributed by atoms with E-state index in [1.54, 1.807) is 5.57 Å². The van der Waals surface area contributed by atoms with E-state index in [0.717, 1.165) is 31.5 Å². The summed E-state index contributed by atoms with van der Waals surface area (Å²) in [5.41, 5.74) is 1.58. The first-order valence-corrected chi connectivity index (χ1v) is 11.4. The number of allylic oxidation sites excluding steroid dienone is 1. The summed E-state index contributed by atoms with van der Waals surface area (Å²) >= 11 is 5.16. The highest BCUT2D eigenvalue weighted by molar-refractivity contribution is 7.80. The summed E-state index contributed by atoms with van der Waals surface area (Å²) in [4.78, 5) is 4.51. The van der Waals surface area contributed by atoms with Gasteiger partial charge in [0.25, 0.3) is 0 Å². The van der Waals surface area contributed by atoms with Crippen molar-refractivity contribution in [2.75, 3.05) is 7.11 Å². The van der Waals surface area contributed by atoms with Crippen molar-refractivity contribution >= 4 is 23.2 Å². The number of thiocarbonyl (C=S) groups is 1. The Bertz CT molecular complexity index is 556. The highest BCUT2D eigenvalue weighted by Gasteiger charge is 2.31. The average molecular weight is 392 g/mol. The van der Waals surface area contributed by atoms with Gasteiger partial charge in [-0.1, -0.05) is 70.4 Å². The van der Waals surface area contributed by atoms with Gasteiger partial charge in [-0.25, -0.2) is 0 Å². The fraction of sp³-hybridized carbons (Fsp3) is 0.818. The van der Waals surface area contributed by atoms with Crippen LogP contribution >= 0.6 is 12.2 Å². The number of nitrogens with zero attached hydrogens (tertiary/aromatic N) is 3. The third-order valence-corrected chi connectivity index (χ3v) is 6.11. The molecule has 27 heavy (non-hydrogen) atoms. The first-order chi connectivity index (χ1) is 13.2. The predicted octanol–water partition coefficient (Wildman–Crippen LogP) is 7.04. The van der Waals surface area contributed by atoms with Crippen molar-refractivity contribution in [3.63, 3.8) is 0 Å². The summed E-state index contributed by atoms with van der Waals surface area (Å²) in [6.07, 6.45) is 17.5. The van der Waals surface area contributed by atoms with Gasteiger partial charge in [0.05, 0.1) is 6.10 Å². The van der Waals surface area contributed by atoms with E-state index < -0.39 is 0 Å². The van der Waals surface area contributed by atoms with Crippen LogP contribution in [-0.2, 0) is 4.74 Å². The number of amidine groups is 1. The number of hydrogen-bond donors (Lipinski definition) is 0. The third kappa shape index (κ3) is 7.19. The molecule has 4 nitrogen and oxygen atoms in total. The molecule has 0 spiro atoms. The topological polar surface area (TPSA) is 46.3 Å². The van der Waals surface area contributed by atoms with Crippen molar-refractivity contribution < 1.29 is 4.74 Å². The van der Waals surface area contributed by atoms with Gasteiger partial charge in [-0.15, -0.1) is 10.2 Å². The van der Waals surface area contributed by atoms with E-state index in [2.05, 4.69) is 35.1 Å². The van der Waals surface area contributed by atoms with Gasteiger partial charge in [-0.2, -0.15) is 4.99 Å². The minimum absolute atomic E-state index is 0.352. The molecule has 0 aromatic heterocycles. The van der Waals surface area contributed by atoms with Crippen molar-refractivity contribution in [3.05, 3.63) is 11.6 Å². The number of aliphatic imine (C=N–C) groups is 1. The van der Waals surface area contributed by atoms with Gasteiger partial charge in [-0.3, -0.25) is 0 Å². The van der Waals surface area contributed by atoms with Crippen LogP contribution in [0, 0.1) is 11.8 Å². The van der Waals surface area contributed by atoms with Crippen molar-refractivity contribution in [2.45, 2.75) is 97.0 Å². The second kappa shape index (κ2) is 12.5. The molecule has 0 saturated heterocycles. The highest BCUT2D eigenvalue weighted by atomic mass is 32.1. The van der Waals surface area contributed by atoms with Crippen LogP contribution in [0.3, 0.4) is 0 Å². The van der Waals surface area contributed by atoms with Gasteiger partial charge >= 0.3 is 0 Å². The molecule has 0 radical (unpaired) electrons. The Balaban J connectivity index is 2.06. The van der Waals surface area contributed by atoms with E-state index in [0.29, 0.717) is 23.1 Å². The molecule has 0 bridgehead atoms. The van der Waals surface area contributed by atoms with Gasteiger partial charge < -0.3 is 4.74 Å². The zero-order chi connectivity index (χ0) is 19.5. The molecule has 0 fully saturated rings. The molecule has 0 saturated carbocycles. The fourth-order valence-corrected chi connectivity index (χ4v) is 4.52. The van der Waals surface area contributed by atoms with Gasteiger partial charge in [0.1, 0.15) is 0 Å². The van der Waals surface area contributed by atoms with Crippen molar-refractivity contribution in [3.8, 4) is 0 Å². The Kier molecular flexibility index (Phi) is 10.4. The SMILES string of the molecule is CCCCCCCCC(C1=NC(=S)N=N1)C(CCC)C1=CCC(OC)CC1. The molecule has 2 rings (SSSR count). The van der Waals surface area contributed by atoms with Crippen molar-refractivity contribution in [2.24, 2.45) is 27.1 Å². The summed E-state index contributed by atoms with van der Waals surface area (Å²) in [5, 5.41) is 8.78. The number of rotatable bonds is 13. The second-order valence-electron chi connectivity index (χ2n) is 7.92. The van der Waals surface area contributed by atoms with Crippen LogP contribution in [0.25, 0.3) is 0 Å². The summed E-state index contributed by atoms with van der Waals surface area (Å²) < 4.78 is 5.55. The zero-order valence-electron chi connectivity index (χ0n) is 17.5. The molecule has 0 aromatic rings. The number of unbranched alkanes of at least 4 members (excludes halogenated alkanes) is 5. The predicted molar refractivity (Wildman–Crippen MR) is 118 cm³/mol. The lowest BCUT2D eigenvalue weighted by Gasteiger charge is -2.31. The molecule has 5 heteroatoms. The lowest BCUT2D eigenvalue weighted by molar-refractivity contribution is 0.0922. The maximum atomic E-state index is 5.55. The maximum absolute atomic E-state index is 5.55. The molecule has 3 unspecified atom stereocenters. The Hall–Kier alpha value is -0.940. The Morgan fingerprint density at radius 2 is 1.81 bits per heavy atom. The van der Waals surface area contributed by atoms with Crippen LogP contribution in [0.1, 0.15) is 90.9 Å². The molecule has 0 aromatic carbocycles. The van der Waals surface area contributed by atoms with E-state index in [1.165, 1.54) is 51.4 Å². The monoisotopic (exact) mass is 391 g/mol. The Labute approximate surface area is 171 Å². The molecule has 152 valence electrons. The lowest BCUT2D eigenvalue weighted by Crippen LogP contribution is -2.26. The quantitative estimate of drug-likeness (QED) is 0.192. The average Bonchev–Trinajstić information content (AvgIpc) is 3.12. The Morgan fingerprint density at radius 1 is 1.04 bits per heavy atom. The molecule has 1 heterocycles. The van der Waals surface area contributed by atoms with Crippen LogP contribution in [-0.4, -0.2) is 24.2 Å². The Morgan fingerprint density at radius 3 is 2.41 bits per heavy atom. The summed E-state index contributed by atoms with van der Waals surface area (Å²) in [5.74, 6) is 1.74. The molecule has 1 aliphatic carbocycles. The molecule has 3 atom stereocenters. The van der Waals surface area contributed by atoms with E-state index in [4.69, 9.17) is 17.0 Å². The van der Waals surface area contributed by atoms with Gasteiger partial charge in [-0.05, 0) is 50.2 Å². The third-order valence-electron chi connectivity index (χ3n) is 5.94. The van der Waals surface area contributed by atoms with Gasteiger partial charge in [0.2, 0.25) is 5.11 Å². The number of ether oxygens (including phenoxy) is 1. The normalized spacial score (nSPS) is 21.9. The maximum Gasteiger partial charge on any atom is 0.241 e. The van der Waals surface area contributed by atoms with Crippen LogP contribution in [0.5, 0.6) is 0 Å². The minimum Gasteiger partial charge on any atom is -0.381 e. The zero-order valence-corrected chi connectivity index (χ0v) is 18.3.